The maximum Gasteiger partial charge on any atom is 0.253 e. The van der Waals surface area contributed by atoms with Gasteiger partial charge in [-0.25, -0.2) is 12.7 Å². The molecule has 0 bridgehead atoms. The van der Waals surface area contributed by atoms with Gasteiger partial charge < -0.3 is 10.6 Å². The first-order chi connectivity index (χ1) is 10.3. The summed E-state index contributed by atoms with van der Waals surface area (Å²) in [7, 11) is -0.596. The molecule has 1 aliphatic rings. The molecule has 1 atom stereocenters. The quantitative estimate of drug-likeness (QED) is 0.835. The van der Waals surface area contributed by atoms with Crippen molar-refractivity contribution in [1.29, 1.82) is 0 Å². The van der Waals surface area contributed by atoms with Crippen molar-refractivity contribution in [3.8, 4) is 0 Å². The van der Waals surface area contributed by atoms with Gasteiger partial charge in [-0.05, 0) is 53.0 Å². The average Bonchev–Trinajstić information content (AvgIpc) is 2.94. The molecule has 1 unspecified atom stereocenters. The van der Waals surface area contributed by atoms with Crippen LogP contribution in [-0.2, 0) is 10.0 Å². The van der Waals surface area contributed by atoms with Crippen molar-refractivity contribution in [2.45, 2.75) is 11.3 Å². The zero-order valence-electron chi connectivity index (χ0n) is 12.6. The summed E-state index contributed by atoms with van der Waals surface area (Å²) >= 11 is 3.26. The first kappa shape index (κ1) is 17.4. The molecule has 2 rings (SSSR count). The number of hydrogen-bond acceptors (Lipinski definition) is 4. The van der Waals surface area contributed by atoms with Gasteiger partial charge in [0.15, 0.2) is 0 Å². The number of carbonyl (C=O) groups is 1. The van der Waals surface area contributed by atoms with Gasteiger partial charge in [0.2, 0.25) is 10.0 Å². The summed E-state index contributed by atoms with van der Waals surface area (Å²) in [6, 6.07) is 4.58. The fraction of sp³-hybridized carbons (Fsp3) is 0.500. The topological polar surface area (TPSA) is 83.7 Å². The van der Waals surface area contributed by atoms with Crippen LogP contribution in [0.25, 0.3) is 0 Å². The van der Waals surface area contributed by atoms with Crippen molar-refractivity contribution in [1.82, 2.24) is 9.21 Å². The lowest BCUT2D eigenvalue weighted by molar-refractivity contribution is 0.0787. The fourth-order valence-electron chi connectivity index (χ4n) is 2.43. The molecule has 0 radical (unpaired) electrons. The molecule has 1 aromatic carbocycles. The summed E-state index contributed by atoms with van der Waals surface area (Å²) < 4.78 is 25.8. The van der Waals surface area contributed by atoms with Gasteiger partial charge in [0, 0.05) is 37.2 Å². The normalized spacial score (nSPS) is 19.0. The Morgan fingerprint density at radius 1 is 1.45 bits per heavy atom. The Kier molecular flexibility index (Phi) is 5.26. The molecular formula is C14H20BrN3O3S. The van der Waals surface area contributed by atoms with E-state index < -0.39 is 10.0 Å². The molecule has 0 saturated carbocycles. The number of nitrogens with zero attached hydrogens (tertiary/aromatic N) is 2. The van der Waals surface area contributed by atoms with Crippen LogP contribution in [0.4, 0.5) is 0 Å². The number of amides is 1. The first-order valence-electron chi connectivity index (χ1n) is 6.98. The average molecular weight is 390 g/mol. The number of benzene rings is 1. The Labute approximate surface area is 139 Å². The molecule has 122 valence electrons. The number of nitrogens with two attached hydrogens (primary N) is 1. The number of likely N-dealkylation sites (tertiary alicyclic amines) is 1. The highest BCUT2D eigenvalue weighted by Crippen LogP contribution is 2.26. The molecule has 6 nitrogen and oxygen atoms in total. The van der Waals surface area contributed by atoms with Gasteiger partial charge in [-0.2, -0.15) is 0 Å². The van der Waals surface area contributed by atoms with Crippen LogP contribution < -0.4 is 5.73 Å². The van der Waals surface area contributed by atoms with E-state index in [0.29, 0.717) is 35.6 Å². The lowest BCUT2D eigenvalue weighted by Crippen LogP contribution is -2.30. The van der Waals surface area contributed by atoms with E-state index in [0.717, 1.165) is 10.7 Å². The van der Waals surface area contributed by atoms with Gasteiger partial charge in [0.1, 0.15) is 0 Å². The third-order valence-corrected chi connectivity index (χ3v) is 6.64. The Hall–Kier alpha value is -0.960. The van der Waals surface area contributed by atoms with E-state index in [4.69, 9.17) is 5.73 Å². The van der Waals surface area contributed by atoms with E-state index in [1.54, 1.807) is 17.0 Å². The molecule has 0 spiro atoms. The summed E-state index contributed by atoms with van der Waals surface area (Å²) in [5.74, 6) is 0.256. The summed E-state index contributed by atoms with van der Waals surface area (Å²) in [5.41, 5.74) is 6.11. The third kappa shape index (κ3) is 3.34. The van der Waals surface area contributed by atoms with Gasteiger partial charge in [0.05, 0.1) is 4.90 Å². The highest BCUT2D eigenvalue weighted by molar-refractivity contribution is 9.10. The van der Waals surface area contributed by atoms with E-state index >= 15 is 0 Å². The Bertz CT molecular complexity index is 676. The number of sulfonamides is 1. The van der Waals surface area contributed by atoms with Crippen molar-refractivity contribution in [3.63, 3.8) is 0 Å². The summed E-state index contributed by atoms with van der Waals surface area (Å²) in [6.07, 6.45) is 0.913. The van der Waals surface area contributed by atoms with Crippen LogP contribution in [0.15, 0.2) is 27.6 Å². The molecule has 8 heteroatoms. The van der Waals surface area contributed by atoms with Crippen molar-refractivity contribution in [2.75, 3.05) is 33.7 Å². The smallest absolute Gasteiger partial charge is 0.253 e. The second-order valence-corrected chi connectivity index (χ2v) is 8.55. The number of carbonyl (C=O) groups excluding carboxylic acids is 1. The van der Waals surface area contributed by atoms with Gasteiger partial charge in [-0.1, -0.05) is 0 Å². The maximum atomic E-state index is 12.5. The summed E-state index contributed by atoms with van der Waals surface area (Å²) in [5, 5.41) is 0. The van der Waals surface area contributed by atoms with E-state index in [9.17, 15) is 13.2 Å². The molecule has 0 aromatic heterocycles. The lowest BCUT2D eigenvalue weighted by Gasteiger charge is -2.18. The van der Waals surface area contributed by atoms with E-state index in [1.165, 1.54) is 20.2 Å². The van der Waals surface area contributed by atoms with Crippen LogP contribution in [0.2, 0.25) is 0 Å². The van der Waals surface area contributed by atoms with Crippen LogP contribution in [-0.4, -0.2) is 57.3 Å². The van der Waals surface area contributed by atoms with Gasteiger partial charge in [-0.3, -0.25) is 4.79 Å². The molecule has 2 N–H and O–H groups in total. The van der Waals surface area contributed by atoms with Gasteiger partial charge >= 0.3 is 0 Å². The Balaban J connectivity index is 2.25. The largest absolute Gasteiger partial charge is 0.338 e. The predicted molar refractivity (Wildman–Crippen MR) is 88.1 cm³/mol. The molecule has 1 amide bonds. The number of rotatable bonds is 4. The van der Waals surface area contributed by atoms with Crippen LogP contribution in [0.5, 0.6) is 0 Å². The monoisotopic (exact) mass is 389 g/mol. The molecule has 1 fully saturated rings. The molecular weight excluding hydrogens is 370 g/mol. The predicted octanol–water partition coefficient (Wildman–Crippen LogP) is 1.12. The summed E-state index contributed by atoms with van der Waals surface area (Å²) in [6.45, 7) is 1.92. The van der Waals surface area contributed by atoms with Crippen LogP contribution in [0, 0.1) is 5.92 Å². The highest BCUT2D eigenvalue weighted by atomic mass is 79.9. The second-order valence-electron chi connectivity index (χ2n) is 5.57. The standard InChI is InChI=1S/C14H20BrN3O3S/c1-17(2)22(20,21)13-4-3-11(7-12(13)15)14(19)18-6-5-10(8-16)9-18/h3-4,7,10H,5-6,8-9,16H2,1-2H3. The molecule has 0 aliphatic carbocycles. The van der Waals surface area contributed by atoms with Crippen molar-refractivity contribution in [3.05, 3.63) is 28.2 Å². The molecule has 1 aliphatic heterocycles. The lowest BCUT2D eigenvalue weighted by atomic mass is 10.1. The highest BCUT2D eigenvalue weighted by Gasteiger charge is 2.27. The number of halogens is 1. The molecule has 1 saturated heterocycles. The summed E-state index contributed by atoms with van der Waals surface area (Å²) in [4.78, 5) is 14.4. The van der Waals surface area contributed by atoms with Crippen LogP contribution in [0.3, 0.4) is 0 Å². The van der Waals surface area contributed by atoms with E-state index in [2.05, 4.69) is 15.9 Å². The number of hydrogen-bond donors (Lipinski definition) is 1. The Morgan fingerprint density at radius 3 is 2.64 bits per heavy atom. The minimum atomic E-state index is -3.54. The molecule has 22 heavy (non-hydrogen) atoms. The van der Waals surface area contributed by atoms with Gasteiger partial charge in [-0.15, -0.1) is 0 Å². The Morgan fingerprint density at radius 2 is 2.14 bits per heavy atom. The third-order valence-electron chi connectivity index (χ3n) is 3.84. The van der Waals surface area contributed by atoms with E-state index in [1.807, 2.05) is 0 Å². The van der Waals surface area contributed by atoms with Crippen molar-refractivity contribution >= 4 is 31.9 Å². The minimum absolute atomic E-state index is 0.0922. The van der Waals surface area contributed by atoms with Crippen LogP contribution >= 0.6 is 15.9 Å². The zero-order chi connectivity index (χ0) is 16.5. The SMILES string of the molecule is CN(C)S(=O)(=O)c1ccc(C(=O)N2CCC(CN)C2)cc1Br. The van der Waals surface area contributed by atoms with E-state index in [-0.39, 0.29) is 10.8 Å². The zero-order valence-corrected chi connectivity index (χ0v) is 15.0. The molecule has 1 heterocycles. The maximum absolute atomic E-state index is 12.5. The fourth-order valence-corrected chi connectivity index (χ4v) is 4.36. The van der Waals surface area contributed by atoms with Crippen LogP contribution in [0.1, 0.15) is 16.8 Å². The van der Waals surface area contributed by atoms with Crippen molar-refractivity contribution in [2.24, 2.45) is 11.7 Å². The van der Waals surface area contributed by atoms with Crippen molar-refractivity contribution < 1.29 is 13.2 Å². The first-order valence-corrected chi connectivity index (χ1v) is 9.22. The minimum Gasteiger partial charge on any atom is -0.338 e. The van der Waals surface area contributed by atoms with Gasteiger partial charge in [0.25, 0.3) is 5.91 Å². The molecule has 1 aromatic rings. The second kappa shape index (κ2) is 6.66.